The van der Waals surface area contributed by atoms with Crippen molar-refractivity contribution in [3.8, 4) is 0 Å². The molecule has 1 aromatic heterocycles. The highest BCUT2D eigenvalue weighted by Crippen LogP contribution is 2.36. The average molecular weight is 328 g/mol. The molecule has 2 amide bonds. The van der Waals surface area contributed by atoms with Crippen molar-refractivity contribution in [2.45, 2.75) is 32.6 Å². The molecule has 0 unspecified atom stereocenters. The first kappa shape index (κ1) is 18.4. The van der Waals surface area contributed by atoms with E-state index in [1.165, 1.54) is 18.4 Å². The van der Waals surface area contributed by atoms with Crippen LogP contribution >= 0.6 is 11.3 Å². The molecular weight excluding hydrogens is 304 g/mol. The van der Waals surface area contributed by atoms with Crippen LogP contribution in [0.1, 0.15) is 42.4 Å². The molecule has 0 bridgehead atoms. The molecule has 0 atom stereocenters. The number of hydrogen-bond donors (Lipinski definition) is 2. The maximum Gasteiger partial charge on any atom is 0.340 e. The van der Waals surface area contributed by atoms with E-state index in [0.717, 1.165) is 11.3 Å². The van der Waals surface area contributed by atoms with Gasteiger partial charge in [-0.05, 0) is 17.9 Å². The van der Waals surface area contributed by atoms with Crippen LogP contribution in [0.4, 0.5) is 9.80 Å². The van der Waals surface area contributed by atoms with E-state index in [1.54, 1.807) is 13.2 Å². The Bertz CT molecular complexity index is 520. The van der Waals surface area contributed by atoms with E-state index >= 15 is 0 Å². The molecule has 0 aromatic carbocycles. The van der Waals surface area contributed by atoms with Gasteiger partial charge in [0.2, 0.25) is 0 Å². The van der Waals surface area contributed by atoms with Gasteiger partial charge < -0.3 is 14.8 Å². The third-order valence-corrected chi connectivity index (χ3v) is 4.39. The number of carbonyl (C=O) groups is 2. The standard InChI is InChI=1S/C15H24N2O4S/c1-15(2,3)11-9-10(13(18)21-5)12(22-11)17-14(19)16-7-6-8-20-4/h9H,6-8H2,1-5H3,(H2,16,17,19). The largest absolute Gasteiger partial charge is 0.465 e. The van der Waals surface area contributed by atoms with Crippen molar-refractivity contribution in [3.05, 3.63) is 16.5 Å². The summed E-state index contributed by atoms with van der Waals surface area (Å²) in [5.74, 6) is -0.457. The zero-order chi connectivity index (χ0) is 16.8. The molecule has 0 spiro atoms. The van der Waals surface area contributed by atoms with Crippen molar-refractivity contribution in [2.24, 2.45) is 0 Å². The Hall–Kier alpha value is -1.60. The van der Waals surface area contributed by atoms with E-state index in [4.69, 9.17) is 9.47 Å². The second kappa shape index (κ2) is 8.14. The minimum absolute atomic E-state index is 0.109. The molecular formula is C15H24N2O4S. The van der Waals surface area contributed by atoms with E-state index in [-0.39, 0.29) is 11.4 Å². The minimum Gasteiger partial charge on any atom is -0.465 e. The summed E-state index contributed by atoms with van der Waals surface area (Å²) in [7, 11) is 2.94. The number of amides is 2. The molecule has 0 radical (unpaired) electrons. The van der Waals surface area contributed by atoms with Gasteiger partial charge in [-0.3, -0.25) is 5.32 Å². The van der Waals surface area contributed by atoms with Crippen molar-refractivity contribution in [1.29, 1.82) is 0 Å². The number of nitrogens with one attached hydrogen (secondary N) is 2. The van der Waals surface area contributed by atoms with Crippen molar-refractivity contribution >= 4 is 28.3 Å². The number of rotatable bonds is 6. The summed E-state index contributed by atoms with van der Waals surface area (Å²) in [4.78, 5) is 24.7. The summed E-state index contributed by atoms with van der Waals surface area (Å²) >= 11 is 1.38. The molecule has 0 saturated heterocycles. The smallest absolute Gasteiger partial charge is 0.340 e. The molecule has 6 nitrogen and oxygen atoms in total. The first-order valence-corrected chi connectivity index (χ1v) is 7.87. The summed E-state index contributed by atoms with van der Waals surface area (Å²) in [6.45, 7) is 7.24. The van der Waals surface area contributed by atoms with Crippen LogP contribution in [0.15, 0.2) is 6.07 Å². The van der Waals surface area contributed by atoms with Crippen molar-refractivity contribution in [3.63, 3.8) is 0 Å². The van der Waals surface area contributed by atoms with Crippen LogP contribution < -0.4 is 10.6 Å². The monoisotopic (exact) mass is 328 g/mol. The predicted octanol–water partition coefficient (Wildman–Crippen LogP) is 2.99. The van der Waals surface area contributed by atoms with Gasteiger partial charge in [0, 0.05) is 25.1 Å². The normalized spacial score (nSPS) is 11.1. The van der Waals surface area contributed by atoms with Crippen LogP contribution in [-0.2, 0) is 14.9 Å². The predicted molar refractivity (Wildman–Crippen MR) is 87.9 cm³/mol. The summed E-state index contributed by atoms with van der Waals surface area (Å²) < 4.78 is 9.69. The summed E-state index contributed by atoms with van der Waals surface area (Å²) in [5.41, 5.74) is 0.270. The van der Waals surface area contributed by atoms with Gasteiger partial charge in [-0.2, -0.15) is 0 Å². The quantitative estimate of drug-likeness (QED) is 0.622. The van der Waals surface area contributed by atoms with Crippen molar-refractivity contribution < 1.29 is 19.1 Å². The summed E-state index contributed by atoms with van der Waals surface area (Å²) in [6, 6.07) is 1.43. The SMILES string of the molecule is COCCCNC(=O)Nc1sc(C(C)(C)C)cc1C(=O)OC. The van der Waals surface area contributed by atoms with Gasteiger partial charge in [0.1, 0.15) is 5.00 Å². The number of anilines is 1. The topological polar surface area (TPSA) is 76.7 Å². The highest BCUT2D eigenvalue weighted by molar-refractivity contribution is 7.16. The lowest BCUT2D eigenvalue weighted by Gasteiger charge is -2.15. The van der Waals surface area contributed by atoms with E-state index in [2.05, 4.69) is 31.4 Å². The van der Waals surface area contributed by atoms with E-state index < -0.39 is 5.97 Å². The highest BCUT2D eigenvalue weighted by atomic mass is 32.1. The Labute approximate surface area is 135 Å². The number of urea groups is 1. The second-order valence-corrected chi connectivity index (χ2v) is 6.87. The Balaban J connectivity index is 2.81. The summed E-state index contributed by atoms with van der Waals surface area (Å²) in [6.07, 6.45) is 0.728. The third kappa shape index (κ3) is 5.31. The van der Waals surface area contributed by atoms with E-state index in [0.29, 0.717) is 23.7 Å². The lowest BCUT2D eigenvalue weighted by molar-refractivity contribution is 0.0602. The molecule has 0 saturated carbocycles. The van der Waals surface area contributed by atoms with E-state index in [9.17, 15) is 9.59 Å². The Morgan fingerprint density at radius 2 is 1.95 bits per heavy atom. The molecule has 1 rings (SSSR count). The molecule has 0 aliphatic heterocycles. The number of ether oxygens (including phenoxy) is 2. The maximum atomic E-state index is 11.9. The number of hydrogen-bond acceptors (Lipinski definition) is 5. The number of carbonyl (C=O) groups excluding carboxylic acids is 2. The maximum absolute atomic E-state index is 11.9. The first-order valence-electron chi connectivity index (χ1n) is 7.06. The fraction of sp³-hybridized carbons (Fsp3) is 0.600. The molecule has 22 heavy (non-hydrogen) atoms. The molecule has 2 N–H and O–H groups in total. The zero-order valence-corrected chi connectivity index (χ0v) is 14.6. The van der Waals surface area contributed by atoms with E-state index in [1.807, 2.05) is 0 Å². The highest BCUT2D eigenvalue weighted by Gasteiger charge is 2.24. The van der Waals surface area contributed by atoms with Gasteiger partial charge in [-0.15, -0.1) is 11.3 Å². The van der Waals surface area contributed by atoms with Gasteiger partial charge in [0.15, 0.2) is 0 Å². The van der Waals surface area contributed by atoms with Gasteiger partial charge in [-0.25, -0.2) is 9.59 Å². The summed E-state index contributed by atoms with van der Waals surface area (Å²) in [5, 5.41) is 5.95. The fourth-order valence-corrected chi connectivity index (χ4v) is 2.78. The molecule has 124 valence electrons. The number of esters is 1. The molecule has 1 heterocycles. The Morgan fingerprint density at radius 3 is 2.50 bits per heavy atom. The van der Waals surface area contributed by atoms with Crippen molar-refractivity contribution in [2.75, 3.05) is 32.7 Å². The minimum atomic E-state index is -0.457. The zero-order valence-electron chi connectivity index (χ0n) is 13.7. The number of thiophene rings is 1. The van der Waals surface area contributed by atoms with Crippen molar-refractivity contribution in [1.82, 2.24) is 5.32 Å². The van der Waals surface area contributed by atoms with Gasteiger partial charge >= 0.3 is 12.0 Å². The second-order valence-electron chi connectivity index (χ2n) is 5.82. The number of methoxy groups -OCH3 is 2. The average Bonchev–Trinajstić information content (AvgIpc) is 2.86. The molecule has 7 heteroatoms. The molecule has 0 fully saturated rings. The molecule has 1 aromatic rings. The van der Waals surface area contributed by atoms with Gasteiger partial charge in [0.25, 0.3) is 0 Å². The Kier molecular flexibility index (Phi) is 6.83. The van der Waals surface area contributed by atoms with Crippen LogP contribution in [0.25, 0.3) is 0 Å². The third-order valence-electron chi connectivity index (χ3n) is 2.91. The van der Waals surface area contributed by atoms with Crippen LogP contribution in [0.2, 0.25) is 0 Å². The van der Waals surface area contributed by atoms with Crippen LogP contribution in [-0.4, -0.2) is 39.4 Å². The molecule has 0 aliphatic rings. The first-order chi connectivity index (χ1) is 10.3. The lowest BCUT2D eigenvalue weighted by Crippen LogP contribution is -2.30. The Morgan fingerprint density at radius 1 is 1.27 bits per heavy atom. The van der Waals surface area contributed by atoms with Crippen LogP contribution in [0.3, 0.4) is 0 Å². The van der Waals surface area contributed by atoms with Gasteiger partial charge in [-0.1, -0.05) is 20.8 Å². The fourth-order valence-electron chi connectivity index (χ4n) is 1.68. The van der Waals surface area contributed by atoms with Gasteiger partial charge in [0.05, 0.1) is 12.7 Å². The molecule has 0 aliphatic carbocycles. The van der Waals surface area contributed by atoms with Crippen LogP contribution in [0, 0.1) is 0 Å². The lowest BCUT2D eigenvalue weighted by atomic mass is 9.94. The van der Waals surface area contributed by atoms with Crippen LogP contribution in [0.5, 0.6) is 0 Å².